The fraction of sp³-hybridized carbons (Fsp3) is 0.346. The van der Waals surface area contributed by atoms with Gasteiger partial charge < -0.3 is 9.64 Å². The van der Waals surface area contributed by atoms with Gasteiger partial charge in [-0.1, -0.05) is 48.0 Å². The predicted octanol–water partition coefficient (Wildman–Crippen LogP) is 2.17. The highest BCUT2D eigenvalue weighted by Crippen LogP contribution is 2.19. The Balaban J connectivity index is 1.77. The van der Waals surface area contributed by atoms with Crippen molar-refractivity contribution < 1.29 is 14.3 Å². The van der Waals surface area contributed by atoms with Crippen LogP contribution in [0.2, 0.25) is 0 Å². The molecule has 0 spiro atoms. The number of esters is 1. The van der Waals surface area contributed by atoms with Gasteiger partial charge in [0.05, 0.1) is 24.8 Å². The normalized spacial score (nSPS) is 15.6. The van der Waals surface area contributed by atoms with Crippen LogP contribution in [0.3, 0.4) is 0 Å². The molecule has 9 heteroatoms. The zero-order chi connectivity index (χ0) is 24.9. The SMILES string of the molecule is CCOC(=O)[C@@H]1CCCN(C(=O)c2nn(-c3ccccc3)c(=O)n(Cc3cccc(C)c3)c2=O)C1. The highest BCUT2D eigenvalue weighted by atomic mass is 16.5. The maximum absolute atomic E-state index is 13.5. The average molecular weight is 477 g/mol. The fourth-order valence-electron chi connectivity index (χ4n) is 4.28. The van der Waals surface area contributed by atoms with Gasteiger partial charge in [0.25, 0.3) is 11.5 Å². The quantitative estimate of drug-likeness (QED) is 0.505. The van der Waals surface area contributed by atoms with Gasteiger partial charge in [0.15, 0.2) is 0 Å². The number of amides is 1. The predicted molar refractivity (Wildman–Crippen MR) is 130 cm³/mol. The van der Waals surface area contributed by atoms with Crippen molar-refractivity contribution in [2.24, 2.45) is 5.92 Å². The third-order valence-electron chi connectivity index (χ3n) is 6.01. The highest BCUT2D eigenvalue weighted by molar-refractivity contribution is 5.92. The molecule has 0 saturated carbocycles. The molecule has 2 aromatic carbocycles. The van der Waals surface area contributed by atoms with Crippen molar-refractivity contribution in [2.75, 3.05) is 19.7 Å². The van der Waals surface area contributed by atoms with E-state index in [4.69, 9.17) is 4.74 Å². The molecule has 1 aliphatic heterocycles. The van der Waals surface area contributed by atoms with Gasteiger partial charge in [-0.05, 0) is 44.4 Å². The minimum atomic E-state index is -0.757. The molecule has 2 heterocycles. The van der Waals surface area contributed by atoms with Crippen LogP contribution in [0, 0.1) is 12.8 Å². The number of benzene rings is 2. The molecule has 0 radical (unpaired) electrons. The summed E-state index contributed by atoms with van der Waals surface area (Å²) in [7, 11) is 0. The smallest absolute Gasteiger partial charge is 0.352 e. The number of rotatable bonds is 6. The number of ether oxygens (including phenoxy) is 1. The first-order chi connectivity index (χ1) is 16.9. The van der Waals surface area contributed by atoms with Gasteiger partial charge >= 0.3 is 11.7 Å². The van der Waals surface area contributed by atoms with Crippen LogP contribution in [0.4, 0.5) is 0 Å². The van der Waals surface area contributed by atoms with Crippen LogP contribution in [-0.2, 0) is 16.1 Å². The Kier molecular flexibility index (Phi) is 7.24. The van der Waals surface area contributed by atoms with Crippen molar-refractivity contribution in [2.45, 2.75) is 33.2 Å². The Bertz CT molecular complexity index is 1350. The molecule has 1 amide bonds. The van der Waals surface area contributed by atoms with E-state index in [0.29, 0.717) is 25.1 Å². The Morgan fingerprint density at radius 2 is 1.86 bits per heavy atom. The molecule has 182 valence electrons. The van der Waals surface area contributed by atoms with Crippen LogP contribution in [0.1, 0.15) is 41.4 Å². The Hall–Kier alpha value is -4.01. The lowest BCUT2D eigenvalue weighted by Gasteiger charge is -2.31. The standard InChI is InChI=1S/C26H28N4O5/c1-3-35-25(33)20-11-8-14-28(17-20)23(31)22-24(32)29(16-19-10-7-9-18(2)15-19)26(34)30(27-22)21-12-5-4-6-13-21/h4-7,9-10,12-13,15,20H,3,8,11,14,16-17H2,1-2H3/t20-/m1/s1. The highest BCUT2D eigenvalue weighted by Gasteiger charge is 2.32. The van der Waals surface area contributed by atoms with E-state index in [1.807, 2.05) is 31.2 Å². The molecule has 0 unspecified atom stereocenters. The van der Waals surface area contributed by atoms with Crippen molar-refractivity contribution in [1.82, 2.24) is 19.2 Å². The Morgan fingerprint density at radius 1 is 1.09 bits per heavy atom. The summed E-state index contributed by atoms with van der Waals surface area (Å²) < 4.78 is 7.24. The number of piperidine rings is 1. The van der Waals surface area contributed by atoms with E-state index in [0.717, 1.165) is 20.4 Å². The lowest BCUT2D eigenvalue weighted by atomic mass is 9.98. The van der Waals surface area contributed by atoms with E-state index < -0.39 is 23.1 Å². The molecule has 3 aromatic rings. The topological polar surface area (TPSA) is 104 Å². The number of para-hydroxylation sites is 1. The van der Waals surface area contributed by atoms with Gasteiger partial charge in [0.1, 0.15) is 0 Å². The second kappa shape index (κ2) is 10.5. The third-order valence-corrected chi connectivity index (χ3v) is 6.01. The number of aryl methyl sites for hydroxylation is 1. The van der Waals surface area contributed by atoms with E-state index >= 15 is 0 Å². The molecule has 0 N–H and O–H groups in total. The number of hydrogen-bond acceptors (Lipinski definition) is 6. The zero-order valence-electron chi connectivity index (χ0n) is 19.8. The second-order valence-corrected chi connectivity index (χ2v) is 8.60. The molecule has 1 aromatic heterocycles. The van der Waals surface area contributed by atoms with Gasteiger partial charge in [-0.2, -0.15) is 9.78 Å². The third kappa shape index (κ3) is 5.24. The molecule has 1 saturated heterocycles. The van der Waals surface area contributed by atoms with Crippen molar-refractivity contribution >= 4 is 11.9 Å². The number of nitrogens with zero attached hydrogens (tertiary/aromatic N) is 4. The lowest BCUT2D eigenvalue weighted by Crippen LogP contribution is -2.49. The monoisotopic (exact) mass is 476 g/mol. The van der Waals surface area contributed by atoms with E-state index in [1.54, 1.807) is 37.3 Å². The summed E-state index contributed by atoms with van der Waals surface area (Å²) in [4.78, 5) is 53.9. The fourth-order valence-corrected chi connectivity index (χ4v) is 4.28. The second-order valence-electron chi connectivity index (χ2n) is 8.60. The van der Waals surface area contributed by atoms with Crippen LogP contribution in [-0.4, -0.2) is 50.8 Å². The Morgan fingerprint density at radius 3 is 2.57 bits per heavy atom. The van der Waals surface area contributed by atoms with Crippen LogP contribution >= 0.6 is 0 Å². The molecule has 0 aliphatic carbocycles. The molecule has 35 heavy (non-hydrogen) atoms. The first-order valence-electron chi connectivity index (χ1n) is 11.7. The summed E-state index contributed by atoms with van der Waals surface area (Å²) in [5, 5.41) is 4.21. The first-order valence-corrected chi connectivity index (χ1v) is 11.7. The summed E-state index contributed by atoms with van der Waals surface area (Å²) in [6.07, 6.45) is 1.21. The van der Waals surface area contributed by atoms with Crippen LogP contribution in [0.15, 0.2) is 64.2 Å². The van der Waals surface area contributed by atoms with E-state index in [2.05, 4.69) is 5.10 Å². The van der Waals surface area contributed by atoms with E-state index in [-0.39, 0.29) is 31.4 Å². The van der Waals surface area contributed by atoms with Gasteiger partial charge in [0.2, 0.25) is 5.69 Å². The summed E-state index contributed by atoms with van der Waals surface area (Å²) in [5.41, 5.74) is 0.434. The molecule has 9 nitrogen and oxygen atoms in total. The molecular formula is C26H28N4O5. The van der Waals surface area contributed by atoms with Gasteiger partial charge in [0, 0.05) is 13.1 Å². The number of hydrogen-bond donors (Lipinski definition) is 0. The van der Waals surface area contributed by atoms with Gasteiger partial charge in [-0.3, -0.25) is 19.0 Å². The summed E-state index contributed by atoms with van der Waals surface area (Å²) in [6.45, 7) is 4.44. The average Bonchev–Trinajstić information content (AvgIpc) is 2.87. The van der Waals surface area contributed by atoms with Crippen molar-refractivity contribution in [1.29, 1.82) is 0 Å². The Labute approximate surface area is 202 Å². The number of aromatic nitrogens is 3. The lowest BCUT2D eigenvalue weighted by molar-refractivity contribution is -0.149. The summed E-state index contributed by atoms with van der Waals surface area (Å²) in [5.74, 6) is -1.42. The number of carbonyl (C=O) groups is 2. The van der Waals surface area contributed by atoms with Gasteiger partial charge in [-0.25, -0.2) is 4.79 Å². The van der Waals surface area contributed by atoms with Crippen molar-refractivity contribution in [3.63, 3.8) is 0 Å². The van der Waals surface area contributed by atoms with Crippen LogP contribution in [0.25, 0.3) is 5.69 Å². The maximum atomic E-state index is 13.5. The maximum Gasteiger partial charge on any atom is 0.352 e. The van der Waals surface area contributed by atoms with Crippen molar-refractivity contribution in [3.8, 4) is 5.69 Å². The summed E-state index contributed by atoms with van der Waals surface area (Å²) >= 11 is 0. The van der Waals surface area contributed by atoms with Crippen molar-refractivity contribution in [3.05, 3.63) is 92.3 Å². The molecule has 0 bridgehead atoms. The summed E-state index contributed by atoms with van der Waals surface area (Å²) in [6, 6.07) is 16.1. The minimum Gasteiger partial charge on any atom is -0.466 e. The molecule has 1 fully saturated rings. The zero-order valence-corrected chi connectivity index (χ0v) is 19.8. The van der Waals surface area contributed by atoms with Crippen LogP contribution < -0.4 is 11.2 Å². The van der Waals surface area contributed by atoms with E-state index in [9.17, 15) is 19.2 Å². The number of carbonyl (C=O) groups excluding carboxylic acids is 2. The van der Waals surface area contributed by atoms with Crippen LogP contribution in [0.5, 0.6) is 0 Å². The molecular weight excluding hydrogens is 448 g/mol. The first kappa shape index (κ1) is 24.1. The molecule has 1 aliphatic rings. The van der Waals surface area contributed by atoms with E-state index in [1.165, 1.54) is 4.90 Å². The molecule has 4 rings (SSSR count). The number of likely N-dealkylation sites (tertiary alicyclic amines) is 1. The molecule has 1 atom stereocenters. The van der Waals surface area contributed by atoms with Gasteiger partial charge in [-0.15, -0.1) is 0 Å². The largest absolute Gasteiger partial charge is 0.466 e. The minimum absolute atomic E-state index is 0.000428.